The van der Waals surface area contributed by atoms with Crippen molar-refractivity contribution in [1.82, 2.24) is 0 Å². The molecule has 1 saturated heterocycles. The van der Waals surface area contributed by atoms with E-state index in [1.54, 1.807) is 6.08 Å². The molecule has 0 aromatic heterocycles. The van der Waals surface area contributed by atoms with E-state index in [4.69, 9.17) is 4.74 Å². The van der Waals surface area contributed by atoms with Gasteiger partial charge in [0.2, 0.25) is 5.78 Å². The monoisotopic (exact) mass is 371 g/mol. The second-order valence-electron chi connectivity index (χ2n) is 8.17. The number of hydrogen-bond acceptors (Lipinski definition) is 4. The molecule has 0 bridgehead atoms. The van der Waals surface area contributed by atoms with Gasteiger partial charge < -0.3 is 14.5 Å². The van der Waals surface area contributed by atoms with Gasteiger partial charge in [0.15, 0.2) is 0 Å². The number of likely N-dealkylation sites (tertiary alicyclic amines) is 1. The van der Waals surface area contributed by atoms with Crippen molar-refractivity contribution in [2.24, 2.45) is 5.92 Å². The SMILES string of the molecule is CCOC(=O)[C@H]1CCC[NH+](CC(=O)/C=C2/N(C)c3ccccc3C2(C)C)C1. The number of esters is 1. The number of hydrogen-bond donors (Lipinski definition) is 1. The van der Waals surface area contributed by atoms with Crippen molar-refractivity contribution in [3.63, 3.8) is 0 Å². The Morgan fingerprint density at radius 3 is 2.78 bits per heavy atom. The molecular weight excluding hydrogens is 340 g/mol. The largest absolute Gasteiger partial charge is 0.466 e. The van der Waals surface area contributed by atoms with Crippen LogP contribution in [-0.4, -0.2) is 45.0 Å². The smallest absolute Gasteiger partial charge is 0.314 e. The molecule has 27 heavy (non-hydrogen) atoms. The molecule has 2 atom stereocenters. The van der Waals surface area contributed by atoms with Gasteiger partial charge in [0, 0.05) is 29.9 Å². The summed E-state index contributed by atoms with van der Waals surface area (Å²) in [5.41, 5.74) is 3.26. The number of likely N-dealkylation sites (N-methyl/N-ethyl adjacent to an activating group) is 1. The van der Waals surface area contributed by atoms with Gasteiger partial charge in [0.05, 0.1) is 19.7 Å². The molecule has 5 heteroatoms. The molecule has 1 N–H and O–H groups in total. The van der Waals surface area contributed by atoms with Crippen molar-refractivity contribution in [2.75, 3.05) is 38.2 Å². The van der Waals surface area contributed by atoms with E-state index in [1.807, 2.05) is 26.1 Å². The van der Waals surface area contributed by atoms with Gasteiger partial charge in [-0.15, -0.1) is 0 Å². The zero-order chi connectivity index (χ0) is 19.6. The molecule has 0 amide bonds. The van der Waals surface area contributed by atoms with Gasteiger partial charge in [-0.3, -0.25) is 9.59 Å². The molecule has 1 unspecified atom stereocenters. The Morgan fingerprint density at radius 1 is 1.33 bits per heavy atom. The number of para-hydroxylation sites is 1. The first-order valence-electron chi connectivity index (χ1n) is 9.93. The Bertz CT molecular complexity index is 754. The van der Waals surface area contributed by atoms with Crippen molar-refractivity contribution in [1.29, 1.82) is 0 Å². The van der Waals surface area contributed by atoms with Crippen molar-refractivity contribution in [2.45, 2.75) is 39.0 Å². The Kier molecular flexibility index (Phi) is 5.70. The number of piperidine rings is 1. The Balaban J connectivity index is 1.69. The number of allylic oxidation sites excluding steroid dienone is 1. The summed E-state index contributed by atoms with van der Waals surface area (Å²) < 4.78 is 5.16. The summed E-state index contributed by atoms with van der Waals surface area (Å²) in [6.45, 7) is 8.63. The van der Waals surface area contributed by atoms with E-state index in [1.165, 1.54) is 10.5 Å². The van der Waals surface area contributed by atoms with Crippen LogP contribution in [0.1, 0.15) is 39.2 Å². The number of rotatable bonds is 5. The lowest BCUT2D eigenvalue weighted by atomic mass is 9.83. The van der Waals surface area contributed by atoms with E-state index in [9.17, 15) is 9.59 Å². The van der Waals surface area contributed by atoms with E-state index >= 15 is 0 Å². The Hall–Kier alpha value is -2.14. The first kappa shape index (κ1) is 19.6. The van der Waals surface area contributed by atoms with Crippen molar-refractivity contribution < 1.29 is 19.2 Å². The van der Waals surface area contributed by atoms with Crippen LogP contribution in [0, 0.1) is 5.92 Å². The number of benzene rings is 1. The molecule has 1 aromatic rings. The topological polar surface area (TPSA) is 51.1 Å². The summed E-state index contributed by atoms with van der Waals surface area (Å²) in [6.07, 6.45) is 3.63. The fraction of sp³-hybridized carbons (Fsp3) is 0.545. The maximum absolute atomic E-state index is 12.8. The number of nitrogens with zero attached hydrogens (tertiary/aromatic N) is 1. The highest BCUT2D eigenvalue weighted by Gasteiger charge is 2.39. The van der Waals surface area contributed by atoms with Gasteiger partial charge in [0.1, 0.15) is 12.5 Å². The standard InChI is InChI=1S/C22H30N2O3/c1-5-27-21(26)16-9-8-12-24(14-16)15-17(25)13-20-22(2,3)18-10-6-7-11-19(18)23(20)4/h6-7,10-11,13,16H,5,8-9,12,14-15H2,1-4H3/p+1/b20-13+/t16-/m0/s1. The predicted octanol–water partition coefficient (Wildman–Crippen LogP) is 1.73. The van der Waals surface area contributed by atoms with E-state index in [2.05, 4.69) is 30.9 Å². The first-order valence-corrected chi connectivity index (χ1v) is 9.93. The number of fused-ring (bicyclic) bond motifs is 1. The zero-order valence-corrected chi connectivity index (χ0v) is 16.9. The minimum absolute atomic E-state index is 0.0796. The van der Waals surface area contributed by atoms with Crippen molar-refractivity contribution in [3.05, 3.63) is 41.6 Å². The molecular formula is C22H31N2O3+. The van der Waals surface area contributed by atoms with E-state index < -0.39 is 0 Å². The molecule has 146 valence electrons. The summed E-state index contributed by atoms with van der Waals surface area (Å²) in [5.74, 6) is -0.0751. The highest BCUT2D eigenvalue weighted by atomic mass is 16.5. The third-order valence-corrected chi connectivity index (χ3v) is 5.90. The minimum Gasteiger partial charge on any atom is -0.466 e. The van der Waals surface area contributed by atoms with Crippen LogP contribution in [0.3, 0.4) is 0 Å². The lowest BCUT2D eigenvalue weighted by Crippen LogP contribution is -3.14. The third-order valence-electron chi connectivity index (χ3n) is 5.90. The van der Waals surface area contributed by atoms with Gasteiger partial charge in [-0.1, -0.05) is 32.0 Å². The number of nitrogens with one attached hydrogen (secondary N) is 1. The van der Waals surface area contributed by atoms with Crippen LogP contribution in [0.5, 0.6) is 0 Å². The maximum Gasteiger partial charge on any atom is 0.314 e. The summed E-state index contributed by atoms with van der Waals surface area (Å²) in [7, 11) is 2.03. The highest BCUT2D eigenvalue weighted by molar-refractivity contribution is 5.93. The molecule has 5 nitrogen and oxygen atoms in total. The minimum atomic E-state index is -0.189. The second-order valence-corrected chi connectivity index (χ2v) is 8.17. The Labute approximate surface area is 162 Å². The summed E-state index contributed by atoms with van der Waals surface area (Å²) in [6, 6.07) is 8.31. The lowest BCUT2D eigenvalue weighted by molar-refractivity contribution is -0.899. The van der Waals surface area contributed by atoms with Crippen LogP contribution >= 0.6 is 0 Å². The van der Waals surface area contributed by atoms with Crippen molar-refractivity contribution in [3.8, 4) is 0 Å². The molecule has 2 aliphatic rings. The number of quaternary nitrogens is 1. The highest BCUT2D eigenvalue weighted by Crippen LogP contribution is 2.46. The van der Waals surface area contributed by atoms with Gasteiger partial charge in [-0.25, -0.2) is 0 Å². The quantitative estimate of drug-likeness (QED) is 0.633. The molecule has 3 rings (SSSR count). The van der Waals surface area contributed by atoms with E-state index in [-0.39, 0.29) is 23.1 Å². The molecule has 0 saturated carbocycles. The van der Waals surface area contributed by atoms with Crippen LogP contribution in [0.15, 0.2) is 36.0 Å². The van der Waals surface area contributed by atoms with Gasteiger partial charge in [-0.05, 0) is 31.4 Å². The number of carbonyl (C=O) groups excluding carboxylic acids is 2. The molecule has 0 radical (unpaired) electrons. The average molecular weight is 372 g/mol. The average Bonchev–Trinajstić information content (AvgIpc) is 2.83. The predicted molar refractivity (Wildman–Crippen MR) is 106 cm³/mol. The van der Waals surface area contributed by atoms with Gasteiger partial charge in [0.25, 0.3) is 0 Å². The molecule has 0 spiro atoms. The van der Waals surface area contributed by atoms with E-state index in [0.29, 0.717) is 19.7 Å². The number of carbonyl (C=O) groups is 2. The van der Waals surface area contributed by atoms with Gasteiger partial charge >= 0.3 is 5.97 Å². The molecule has 2 aliphatic heterocycles. The molecule has 0 aliphatic carbocycles. The molecule has 1 aromatic carbocycles. The van der Waals surface area contributed by atoms with Crippen molar-refractivity contribution >= 4 is 17.4 Å². The van der Waals surface area contributed by atoms with Crippen LogP contribution in [-0.2, 0) is 19.7 Å². The summed E-state index contributed by atoms with van der Waals surface area (Å²) in [5, 5.41) is 0. The third kappa shape index (κ3) is 3.93. The maximum atomic E-state index is 12.8. The van der Waals surface area contributed by atoms with Gasteiger partial charge in [-0.2, -0.15) is 0 Å². The number of ketones is 1. The fourth-order valence-electron chi connectivity index (χ4n) is 4.48. The molecule has 1 fully saturated rings. The summed E-state index contributed by atoms with van der Waals surface area (Å²) in [4.78, 5) is 28.1. The molecule has 2 heterocycles. The second kappa shape index (κ2) is 7.85. The number of anilines is 1. The number of ether oxygens (including phenoxy) is 1. The van der Waals surface area contributed by atoms with Crippen LogP contribution in [0.4, 0.5) is 5.69 Å². The van der Waals surface area contributed by atoms with Crippen LogP contribution in [0.25, 0.3) is 0 Å². The fourth-order valence-corrected chi connectivity index (χ4v) is 4.48. The van der Waals surface area contributed by atoms with Crippen LogP contribution in [0.2, 0.25) is 0 Å². The normalized spacial score (nSPS) is 25.3. The van der Waals surface area contributed by atoms with Crippen LogP contribution < -0.4 is 9.80 Å². The zero-order valence-electron chi connectivity index (χ0n) is 16.9. The first-order chi connectivity index (χ1) is 12.8. The van der Waals surface area contributed by atoms with E-state index in [0.717, 1.165) is 30.8 Å². The lowest BCUT2D eigenvalue weighted by Gasteiger charge is -2.28. The Morgan fingerprint density at radius 2 is 2.07 bits per heavy atom. The summed E-state index contributed by atoms with van der Waals surface area (Å²) >= 11 is 0.